The zero-order valence-electron chi connectivity index (χ0n) is 5.46. The van der Waals surface area contributed by atoms with Gasteiger partial charge in [-0.2, -0.15) is 0 Å². The molecule has 0 bridgehead atoms. The van der Waals surface area contributed by atoms with Crippen molar-refractivity contribution in [1.82, 2.24) is 0 Å². The van der Waals surface area contributed by atoms with Gasteiger partial charge < -0.3 is 5.11 Å². The highest BCUT2D eigenvalue weighted by Gasteiger charge is 2.05. The first-order chi connectivity index (χ1) is 4.84. The zero-order valence-corrected chi connectivity index (χ0v) is 8.43. The summed E-state index contributed by atoms with van der Waals surface area (Å²) < 4.78 is 1.01. The molecule has 10 heavy (non-hydrogen) atoms. The van der Waals surface area contributed by atoms with Crippen molar-refractivity contribution >= 4 is 33.9 Å². The number of aliphatic hydroxyl groups is 1. The summed E-state index contributed by atoms with van der Waals surface area (Å²) >= 11 is 3.89. The second-order valence-corrected chi connectivity index (χ2v) is 4.07. The average Bonchev–Trinajstić information content (AvgIpc) is 2.38. The number of halogens is 1. The van der Waals surface area contributed by atoms with E-state index in [1.165, 1.54) is 0 Å². The van der Waals surface area contributed by atoms with Crippen LogP contribution in [0.2, 0.25) is 0 Å². The highest BCUT2D eigenvalue weighted by atomic mass is 127. The summed E-state index contributed by atoms with van der Waals surface area (Å²) in [5, 5.41) is 11.4. The van der Waals surface area contributed by atoms with Gasteiger partial charge in [0.2, 0.25) is 0 Å². The topological polar surface area (TPSA) is 20.2 Å². The number of rotatable bonds is 3. The number of aliphatic hydroxyl groups excluding tert-OH is 1. The van der Waals surface area contributed by atoms with E-state index in [0.29, 0.717) is 0 Å². The van der Waals surface area contributed by atoms with E-state index in [9.17, 15) is 5.11 Å². The Hall–Kier alpha value is 0.390. The molecule has 0 aliphatic heterocycles. The quantitative estimate of drug-likeness (QED) is 0.661. The van der Waals surface area contributed by atoms with Gasteiger partial charge in [-0.15, -0.1) is 11.3 Å². The van der Waals surface area contributed by atoms with Gasteiger partial charge in [-0.25, -0.2) is 0 Å². The lowest BCUT2D eigenvalue weighted by atomic mass is 10.6. The second kappa shape index (κ2) is 4.31. The Kier molecular flexibility index (Phi) is 3.65. The van der Waals surface area contributed by atoms with Gasteiger partial charge in [0.25, 0.3) is 0 Å². The van der Waals surface area contributed by atoms with E-state index in [-0.39, 0.29) is 6.10 Å². The van der Waals surface area contributed by atoms with E-state index in [4.69, 9.17) is 0 Å². The molecule has 3 heteroatoms. The number of alkyl halides is 1. The lowest BCUT2D eigenvalue weighted by Crippen LogP contribution is -1.93. The molecule has 0 amide bonds. The summed E-state index contributed by atoms with van der Waals surface area (Å²) in [6.07, 6.45) is 0.623. The molecule has 0 spiro atoms. The molecule has 0 aromatic carbocycles. The van der Waals surface area contributed by atoms with Crippen molar-refractivity contribution in [1.29, 1.82) is 0 Å². The van der Waals surface area contributed by atoms with Crippen LogP contribution in [0.5, 0.6) is 0 Å². The summed E-state index contributed by atoms with van der Waals surface area (Å²) in [4.78, 5) is 1.08. The Balaban J connectivity index is 2.50. The normalized spacial score (nSPS) is 13.4. The Bertz CT molecular complexity index is 174. The molecular formula is C7H9IOS. The van der Waals surface area contributed by atoms with Gasteiger partial charge in [-0.05, 0) is 17.9 Å². The van der Waals surface area contributed by atoms with Crippen LogP contribution in [-0.4, -0.2) is 9.53 Å². The fourth-order valence-electron chi connectivity index (χ4n) is 0.726. The van der Waals surface area contributed by atoms with Crippen molar-refractivity contribution in [2.45, 2.75) is 12.5 Å². The summed E-state index contributed by atoms with van der Waals surface area (Å²) in [6.45, 7) is 0. The van der Waals surface area contributed by atoms with E-state index < -0.39 is 0 Å². The third-order valence-corrected chi connectivity index (χ3v) is 2.85. The minimum Gasteiger partial charge on any atom is -0.388 e. The van der Waals surface area contributed by atoms with Crippen molar-refractivity contribution in [2.75, 3.05) is 4.43 Å². The first-order valence-electron chi connectivity index (χ1n) is 3.12. The second-order valence-electron chi connectivity index (χ2n) is 2.01. The zero-order chi connectivity index (χ0) is 7.40. The third kappa shape index (κ3) is 2.21. The smallest absolute Gasteiger partial charge is 0.0889 e. The SMILES string of the molecule is O[14C@H](CCI)c1cccs1. The molecule has 0 saturated carbocycles. The van der Waals surface area contributed by atoms with E-state index >= 15 is 0 Å². The van der Waals surface area contributed by atoms with Crippen molar-refractivity contribution < 1.29 is 5.11 Å². The standard InChI is InChI=1S/C7H9IOS/c8-4-3-6(9)7-2-1-5-10-7/h1-2,5-6,9H,3-4H2/t6-/m1/s1/i6+2. The molecule has 1 aromatic rings. The van der Waals surface area contributed by atoms with Crippen LogP contribution >= 0.6 is 33.9 Å². The maximum absolute atomic E-state index is 9.42. The van der Waals surface area contributed by atoms with Crippen LogP contribution in [-0.2, 0) is 0 Å². The Morgan fingerprint density at radius 1 is 1.70 bits per heavy atom. The van der Waals surface area contributed by atoms with Crippen molar-refractivity contribution in [3.8, 4) is 0 Å². The highest BCUT2D eigenvalue weighted by molar-refractivity contribution is 14.1. The van der Waals surface area contributed by atoms with Crippen molar-refractivity contribution in [2.24, 2.45) is 0 Å². The van der Waals surface area contributed by atoms with Crippen molar-refractivity contribution in [3.05, 3.63) is 22.4 Å². The maximum Gasteiger partial charge on any atom is 0.0889 e. The third-order valence-electron chi connectivity index (χ3n) is 1.25. The Morgan fingerprint density at radius 3 is 3.00 bits per heavy atom. The summed E-state index contributed by atoms with van der Waals surface area (Å²) in [5.74, 6) is 0. The molecular weight excluding hydrogens is 261 g/mol. The van der Waals surface area contributed by atoms with Crippen LogP contribution < -0.4 is 0 Å². The largest absolute Gasteiger partial charge is 0.388 e. The molecule has 0 radical (unpaired) electrons. The highest BCUT2D eigenvalue weighted by Crippen LogP contribution is 2.21. The first-order valence-corrected chi connectivity index (χ1v) is 5.52. The first kappa shape index (κ1) is 8.49. The fourth-order valence-corrected chi connectivity index (χ4v) is 2.06. The molecule has 56 valence electrons. The van der Waals surface area contributed by atoms with E-state index in [1.54, 1.807) is 11.3 Å². The van der Waals surface area contributed by atoms with Gasteiger partial charge in [0, 0.05) is 9.30 Å². The van der Waals surface area contributed by atoms with E-state index in [2.05, 4.69) is 22.6 Å². The molecule has 0 unspecified atom stereocenters. The molecule has 1 aromatic heterocycles. The van der Waals surface area contributed by atoms with Gasteiger partial charge in [0.1, 0.15) is 0 Å². The molecule has 0 aliphatic rings. The van der Waals surface area contributed by atoms with Gasteiger partial charge in [-0.3, -0.25) is 0 Å². The lowest BCUT2D eigenvalue weighted by Gasteiger charge is -2.03. The Morgan fingerprint density at radius 2 is 2.50 bits per heavy atom. The molecule has 1 atom stereocenters. The van der Waals surface area contributed by atoms with Crippen LogP contribution in [0.4, 0.5) is 0 Å². The van der Waals surface area contributed by atoms with Crippen LogP contribution in [0.25, 0.3) is 0 Å². The minimum absolute atomic E-state index is 0.239. The van der Waals surface area contributed by atoms with E-state index in [1.807, 2.05) is 17.5 Å². The number of thiophene rings is 1. The molecule has 0 saturated heterocycles. The van der Waals surface area contributed by atoms with Crippen LogP contribution in [0.1, 0.15) is 17.4 Å². The average molecular weight is 270 g/mol. The molecule has 0 aliphatic carbocycles. The van der Waals surface area contributed by atoms with Crippen molar-refractivity contribution in [3.63, 3.8) is 0 Å². The fraction of sp³-hybridized carbons (Fsp3) is 0.429. The van der Waals surface area contributed by atoms with Gasteiger partial charge in [-0.1, -0.05) is 28.7 Å². The predicted molar refractivity (Wildman–Crippen MR) is 52.8 cm³/mol. The van der Waals surface area contributed by atoms with Crippen LogP contribution in [0, 0.1) is 0 Å². The van der Waals surface area contributed by atoms with Crippen LogP contribution in [0.15, 0.2) is 17.5 Å². The van der Waals surface area contributed by atoms with Gasteiger partial charge >= 0.3 is 0 Å². The molecule has 1 rings (SSSR count). The van der Waals surface area contributed by atoms with E-state index in [0.717, 1.165) is 15.7 Å². The van der Waals surface area contributed by atoms with Crippen LogP contribution in [0.3, 0.4) is 0 Å². The molecule has 1 heterocycles. The molecule has 0 fully saturated rings. The summed E-state index contributed by atoms with van der Waals surface area (Å²) in [5.41, 5.74) is 0. The Labute approximate surface area is 78.2 Å². The van der Waals surface area contributed by atoms with Gasteiger partial charge in [0.05, 0.1) is 6.10 Å². The predicted octanol–water partition coefficient (Wildman–Crippen LogP) is 2.61. The summed E-state index contributed by atoms with van der Waals surface area (Å²) in [7, 11) is 0. The minimum atomic E-state index is -0.239. The summed E-state index contributed by atoms with van der Waals surface area (Å²) in [6, 6.07) is 3.94. The maximum atomic E-state index is 9.42. The molecule has 1 N–H and O–H groups in total. The number of hydrogen-bond acceptors (Lipinski definition) is 2. The van der Waals surface area contributed by atoms with Gasteiger partial charge in [0.15, 0.2) is 0 Å². The molecule has 1 nitrogen and oxygen atoms in total. The lowest BCUT2D eigenvalue weighted by molar-refractivity contribution is 0.179. The number of hydrogen-bond donors (Lipinski definition) is 1. The monoisotopic (exact) mass is 270 g/mol.